The molecule has 0 unspecified atom stereocenters. The summed E-state index contributed by atoms with van der Waals surface area (Å²) < 4.78 is 10.6. The highest BCUT2D eigenvalue weighted by molar-refractivity contribution is 5.91. The topological polar surface area (TPSA) is 70.8 Å². The molecular weight excluding hydrogens is 296 g/mol. The zero-order valence-corrected chi connectivity index (χ0v) is 13.5. The number of carbonyl (C=O) groups is 1. The molecule has 3 rings (SSSR count). The van der Waals surface area contributed by atoms with Gasteiger partial charge in [0.2, 0.25) is 5.91 Å². The highest BCUT2D eigenvalue weighted by Crippen LogP contribution is 2.13. The molecule has 1 atom stereocenters. The van der Waals surface area contributed by atoms with Gasteiger partial charge in [-0.15, -0.1) is 0 Å². The number of anilines is 1. The maximum Gasteiger partial charge on any atom is 0.239 e. The third-order valence-corrected chi connectivity index (χ3v) is 4.21. The van der Waals surface area contributed by atoms with Crippen LogP contribution in [0, 0.1) is 6.92 Å². The van der Waals surface area contributed by atoms with Gasteiger partial charge in [-0.05, 0) is 25.8 Å². The summed E-state index contributed by atoms with van der Waals surface area (Å²) >= 11 is 0. The minimum Gasteiger partial charge on any atom is -0.497 e. The molecule has 0 bridgehead atoms. The second-order valence-corrected chi connectivity index (χ2v) is 6.15. The Bertz CT molecular complexity index is 549. The van der Waals surface area contributed by atoms with E-state index in [1.54, 1.807) is 13.0 Å². The Kier molecular flexibility index (Phi) is 5.30. The molecule has 7 nitrogen and oxygen atoms in total. The average molecular weight is 320 g/mol. The van der Waals surface area contributed by atoms with Crippen LogP contribution in [0.3, 0.4) is 0 Å². The van der Waals surface area contributed by atoms with E-state index in [1.807, 2.05) is 6.26 Å². The van der Waals surface area contributed by atoms with Gasteiger partial charge in [-0.3, -0.25) is 14.6 Å². The molecule has 1 saturated heterocycles. The monoisotopic (exact) mass is 320 g/mol. The molecule has 1 aromatic heterocycles. The van der Waals surface area contributed by atoms with E-state index >= 15 is 0 Å². The first-order valence-corrected chi connectivity index (χ1v) is 8.17. The van der Waals surface area contributed by atoms with Crippen molar-refractivity contribution in [3.05, 3.63) is 24.2 Å². The third kappa shape index (κ3) is 4.80. The summed E-state index contributed by atoms with van der Waals surface area (Å²) in [6, 6.07) is 1.72. The van der Waals surface area contributed by atoms with Gasteiger partial charge in [0.1, 0.15) is 11.9 Å². The molecule has 2 aliphatic rings. The van der Waals surface area contributed by atoms with Crippen LogP contribution in [0.25, 0.3) is 0 Å². The van der Waals surface area contributed by atoms with Crippen molar-refractivity contribution < 1.29 is 14.1 Å². The fourth-order valence-electron chi connectivity index (χ4n) is 2.95. The summed E-state index contributed by atoms with van der Waals surface area (Å²) in [6.45, 7) is 6.90. The number of rotatable bonds is 5. The Morgan fingerprint density at radius 1 is 1.35 bits per heavy atom. The van der Waals surface area contributed by atoms with E-state index in [0.29, 0.717) is 24.2 Å². The van der Waals surface area contributed by atoms with Crippen LogP contribution in [0.5, 0.6) is 0 Å². The molecule has 7 heteroatoms. The zero-order chi connectivity index (χ0) is 16.1. The fourth-order valence-corrected chi connectivity index (χ4v) is 2.95. The summed E-state index contributed by atoms with van der Waals surface area (Å²) in [5, 5.41) is 6.53. The van der Waals surface area contributed by atoms with E-state index < -0.39 is 0 Å². The van der Waals surface area contributed by atoms with Crippen molar-refractivity contribution in [1.29, 1.82) is 0 Å². The van der Waals surface area contributed by atoms with Crippen LogP contribution in [0.15, 0.2) is 22.9 Å². The molecule has 0 aliphatic carbocycles. The Morgan fingerprint density at radius 3 is 2.78 bits per heavy atom. The van der Waals surface area contributed by atoms with Crippen LogP contribution >= 0.6 is 0 Å². The fraction of sp³-hybridized carbons (Fsp3) is 0.625. The smallest absolute Gasteiger partial charge is 0.239 e. The van der Waals surface area contributed by atoms with Gasteiger partial charge in [-0.2, -0.15) is 0 Å². The molecule has 1 aromatic rings. The van der Waals surface area contributed by atoms with Crippen LogP contribution in [0.2, 0.25) is 0 Å². The molecule has 0 spiro atoms. The predicted molar refractivity (Wildman–Crippen MR) is 86.0 cm³/mol. The third-order valence-electron chi connectivity index (χ3n) is 4.21. The largest absolute Gasteiger partial charge is 0.497 e. The van der Waals surface area contributed by atoms with Crippen molar-refractivity contribution in [2.45, 2.75) is 25.9 Å². The first-order chi connectivity index (χ1) is 11.2. The van der Waals surface area contributed by atoms with Crippen molar-refractivity contribution in [2.75, 3.05) is 44.6 Å². The first kappa shape index (κ1) is 16.0. The number of allylic oxidation sites excluding steroid dienone is 1. The lowest BCUT2D eigenvalue weighted by Gasteiger charge is -2.36. The Morgan fingerprint density at radius 2 is 2.13 bits per heavy atom. The summed E-state index contributed by atoms with van der Waals surface area (Å²) in [6.07, 6.45) is 6.40. The van der Waals surface area contributed by atoms with Gasteiger partial charge in [0.15, 0.2) is 5.82 Å². The predicted octanol–water partition coefficient (Wildman–Crippen LogP) is 1.23. The maximum atomic E-state index is 12.0. The number of ether oxygens (including phenoxy) is 1. The van der Waals surface area contributed by atoms with Gasteiger partial charge in [0, 0.05) is 38.8 Å². The second-order valence-electron chi connectivity index (χ2n) is 6.15. The number of hydrogen-bond donors (Lipinski definition) is 1. The SMILES string of the molecule is Cc1cc(NC(=O)CN2CCN(C[C@H]3CCC=CO3)CC2)no1. The minimum atomic E-state index is -0.0486. The van der Waals surface area contributed by atoms with Gasteiger partial charge in [-0.1, -0.05) is 5.16 Å². The Hall–Kier alpha value is -1.86. The van der Waals surface area contributed by atoms with Gasteiger partial charge in [0.05, 0.1) is 12.8 Å². The van der Waals surface area contributed by atoms with Gasteiger partial charge in [-0.25, -0.2) is 0 Å². The number of piperazine rings is 1. The molecule has 1 amide bonds. The quantitative estimate of drug-likeness (QED) is 0.880. The minimum absolute atomic E-state index is 0.0486. The molecule has 3 heterocycles. The van der Waals surface area contributed by atoms with Gasteiger partial charge >= 0.3 is 0 Å². The molecule has 2 aliphatic heterocycles. The second kappa shape index (κ2) is 7.61. The number of hydrogen-bond acceptors (Lipinski definition) is 6. The van der Waals surface area contributed by atoms with Crippen LogP contribution in [0.4, 0.5) is 5.82 Å². The average Bonchev–Trinajstić information content (AvgIpc) is 2.95. The van der Waals surface area contributed by atoms with E-state index in [2.05, 4.69) is 26.3 Å². The molecule has 1 N–H and O–H groups in total. The van der Waals surface area contributed by atoms with Gasteiger partial charge in [0.25, 0.3) is 0 Å². The van der Waals surface area contributed by atoms with E-state index in [-0.39, 0.29) is 5.91 Å². The highest BCUT2D eigenvalue weighted by atomic mass is 16.5. The molecule has 23 heavy (non-hydrogen) atoms. The van der Waals surface area contributed by atoms with Gasteiger partial charge < -0.3 is 14.6 Å². The number of nitrogens with zero attached hydrogens (tertiary/aromatic N) is 3. The molecular formula is C16H24N4O3. The van der Waals surface area contributed by atoms with Crippen molar-refractivity contribution >= 4 is 11.7 Å². The van der Waals surface area contributed by atoms with E-state index in [9.17, 15) is 4.79 Å². The summed E-state index contributed by atoms with van der Waals surface area (Å²) in [5.74, 6) is 1.12. The summed E-state index contributed by atoms with van der Waals surface area (Å²) in [7, 11) is 0. The first-order valence-electron chi connectivity index (χ1n) is 8.17. The van der Waals surface area contributed by atoms with E-state index in [1.165, 1.54) is 0 Å². The van der Waals surface area contributed by atoms with E-state index in [4.69, 9.17) is 9.26 Å². The van der Waals surface area contributed by atoms with Crippen molar-refractivity contribution in [1.82, 2.24) is 15.0 Å². The number of carbonyl (C=O) groups excluding carboxylic acids is 1. The lowest BCUT2D eigenvalue weighted by Crippen LogP contribution is -2.50. The molecule has 126 valence electrons. The standard InChI is InChI=1S/C16H24N4O3/c1-13-10-15(18-23-13)17-16(21)12-20-7-5-19(6-8-20)11-14-4-2-3-9-22-14/h3,9-10,14H,2,4-8,11-12H2,1H3,(H,17,18,21)/t14-/m1/s1. The van der Waals surface area contributed by atoms with E-state index in [0.717, 1.165) is 45.6 Å². The summed E-state index contributed by atoms with van der Waals surface area (Å²) in [5.41, 5.74) is 0. The molecule has 0 aromatic carbocycles. The summed E-state index contributed by atoms with van der Waals surface area (Å²) in [4.78, 5) is 16.6. The number of aromatic nitrogens is 1. The molecule has 1 fully saturated rings. The van der Waals surface area contributed by atoms with Crippen LogP contribution in [0.1, 0.15) is 18.6 Å². The molecule has 0 saturated carbocycles. The highest BCUT2D eigenvalue weighted by Gasteiger charge is 2.22. The van der Waals surface area contributed by atoms with Crippen molar-refractivity contribution in [3.63, 3.8) is 0 Å². The van der Waals surface area contributed by atoms with Crippen molar-refractivity contribution in [3.8, 4) is 0 Å². The van der Waals surface area contributed by atoms with Crippen LogP contribution in [-0.4, -0.2) is 66.2 Å². The molecule has 0 radical (unpaired) electrons. The normalized spacial score (nSPS) is 22.7. The number of amides is 1. The zero-order valence-electron chi connectivity index (χ0n) is 13.5. The Balaban J connectivity index is 1.37. The Labute approximate surface area is 136 Å². The lowest BCUT2D eigenvalue weighted by atomic mass is 10.1. The van der Waals surface area contributed by atoms with Crippen molar-refractivity contribution in [2.24, 2.45) is 0 Å². The maximum absolute atomic E-state index is 12.0. The van der Waals surface area contributed by atoms with Crippen LogP contribution < -0.4 is 5.32 Å². The number of aryl methyl sites for hydroxylation is 1. The number of nitrogens with one attached hydrogen (secondary N) is 1. The lowest BCUT2D eigenvalue weighted by molar-refractivity contribution is -0.117. The van der Waals surface area contributed by atoms with Crippen LogP contribution in [-0.2, 0) is 9.53 Å².